The number of rotatable bonds is 7. The topological polar surface area (TPSA) is 50.4 Å². The predicted molar refractivity (Wildman–Crippen MR) is 94.0 cm³/mol. The Bertz CT molecular complexity index is 441. The van der Waals surface area contributed by atoms with E-state index in [1.807, 2.05) is 26.1 Å². The highest BCUT2D eigenvalue weighted by molar-refractivity contribution is 5.85. The van der Waals surface area contributed by atoms with Crippen molar-refractivity contribution in [2.45, 2.75) is 33.1 Å². The van der Waals surface area contributed by atoms with Gasteiger partial charge in [0.1, 0.15) is 12.4 Å². The van der Waals surface area contributed by atoms with Crippen LogP contribution >= 0.6 is 12.4 Å². The molecule has 0 spiro atoms. The lowest BCUT2D eigenvalue weighted by Gasteiger charge is -2.19. The summed E-state index contributed by atoms with van der Waals surface area (Å²) in [7, 11) is 1.84. The van der Waals surface area contributed by atoms with E-state index in [1.165, 1.54) is 5.56 Å². The summed E-state index contributed by atoms with van der Waals surface area (Å²) in [6, 6.07) is 8.13. The molecule has 0 aliphatic rings. The smallest absolute Gasteiger partial charge is 0.224 e. The Morgan fingerprint density at radius 3 is 2.32 bits per heavy atom. The second-order valence-corrected chi connectivity index (χ2v) is 6.37. The highest BCUT2D eigenvalue weighted by atomic mass is 35.5. The number of hydrogen-bond acceptors (Lipinski definition) is 3. The van der Waals surface area contributed by atoms with Crippen LogP contribution in [0.15, 0.2) is 24.3 Å². The zero-order chi connectivity index (χ0) is 15.9. The van der Waals surface area contributed by atoms with Gasteiger partial charge in [0, 0.05) is 12.5 Å². The molecule has 0 aliphatic heterocycles. The molecule has 0 aromatic heterocycles. The van der Waals surface area contributed by atoms with Gasteiger partial charge >= 0.3 is 0 Å². The Morgan fingerprint density at radius 1 is 1.23 bits per heavy atom. The van der Waals surface area contributed by atoms with Gasteiger partial charge in [0.2, 0.25) is 5.91 Å². The minimum Gasteiger partial charge on any atom is -0.492 e. The first kappa shape index (κ1) is 20.7. The van der Waals surface area contributed by atoms with Crippen molar-refractivity contribution in [3.63, 3.8) is 0 Å². The molecule has 5 heteroatoms. The van der Waals surface area contributed by atoms with Crippen molar-refractivity contribution in [1.82, 2.24) is 10.6 Å². The SMILES string of the molecule is CNCC(C)C(=O)NCCOc1ccc(C(C)(C)C)cc1.Cl. The quantitative estimate of drug-likeness (QED) is 0.757. The van der Waals surface area contributed by atoms with Crippen LogP contribution in [0, 0.1) is 5.92 Å². The molecule has 1 aromatic carbocycles. The zero-order valence-electron chi connectivity index (χ0n) is 14.2. The molecule has 0 saturated carbocycles. The summed E-state index contributed by atoms with van der Waals surface area (Å²) < 4.78 is 5.63. The number of nitrogens with one attached hydrogen (secondary N) is 2. The summed E-state index contributed by atoms with van der Waals surface area (Å²) in [6.45, 7) is 10.1. The van der Waals surface area contributed by atoms with E-state index in [1.54, 1.807) is 0 Å². The Kier molecular flexibility index (Phi) is 9.14. The van der Waals surface area contributed by atoms with E-state index in [4.69, 9.17) is 4.74 Å². The van der Waals surface area contributed by atoms with E-state index in [0.29, 0.717) is 19.7 Å². The maximum atomic E-state index is 11.7. The van der Waals surface area contributed by atoms with Crippen molar-refractivity contribution < 1.29 is 9.53 Å². The number of carbonyl (C=O) groups excluding carboxylic acids is 1. The van der Waals surface area contributed by atoms with Crippen molar-refractivity contribution in [2.24, 2.45) is 5.92 Å². The molecule has 22 heavy (non-hydrogen) atoms. The highest BCUT2D eigenvalue weighted by Crippen LogP contribution is 2.24. The lowest BCUT2D eigenvalue weighted by molar-refractivity contribution is -0.124. The van der Waals surface area contributed by atoms with Crippen LogP contribution in [0.25, 0.3) is 0 Å². The second kappa shape index (κ2) is 9.70. The maximum Gasteiger partial charge on any atom is 0.224 e. The van der Waals surface area contributed by atoms with E-state index >= 15 is 0 Å². The van der Waals surface area contributed by atoms with Gasteiger partial charge in [-0.2, -0.15) is 0 Å². The molecular weight excluding hydrogens is 300 g/mol. The average Bonchev–Trinajstić information content (AvgIpc) is 2.43. The molecule has 4 nitrogen and oxygen atoms in total. The summed E-state index contributed by atoms with van der Waals surface area (Å²) in [5, 5.41) is 5.86. The van der Waals surface area contributed by atoms with Crippen LogP contribution in [-0.2, 0) is 10.2 Å². The van der Waals surface area contributed by atoms with Gasteiger partial charge in [0.05, 0.1) is 6.54 Å². The number of hydrogen-bond donors (Lipinski definition) is 2. The Morgan fingerprint density at radius 2 is 1.82 bits per heavy atom. The van der Waals surface area contributed by atoms with Gasteiger partial charge in [-0.15, -0.1) is 12.4 Å². The van der Waals surface area contributed by atoms with Crippen LogP contribution in [0.4, 0.5) is 0 Å². The average molecular weight is 329 g/mol. The van der Waals surface area contributed by atoms with Crippen LogP contribution in [-0.4, -0.2) is 32.7 Å². The molecule has 1 atom stereocenters. The number of benzene rings is 1. The number of ether oxygens (including phenoxy) is 1. The summed E-state index contributed by atoms with van der Waals surface area (Å²) >= 11 is 0. The second-order valence-electron chi connectivity index (χ2n) is 6.37. The molecule has 0 bridgehead atoms. The summed E-state index contributed by atoms with van der Waals surface area (Å²) in [6.07, 6.45) is 0. The van der Waals surface area contributed by atoms with Crippen molar-refractivity contribution in [3.8, 4) is 5.75 Å². The lowest BCUT2D eigenvalue weighted by Crippen LogP contribution is -2.36. The van der Waals surface area contributed by atoms with E-state index in [2.05, 4.69) is 43.5 Å². The molecular formula is C17H29ClN2O2. The molecule has 0 aliphatic carbocycles. The Hall–Kier alpha value is -1.26. The van der Waals surface area contributed by atoms with E-state index in [-0.39, 0.29) is 29.6 Å². The number of halogens is 1. The van der Waals surface area contributed by atoms with Crippen molar-refractivity contribution in [3.05, 3.63) is 29.8 Å². The van der Waals surface area contributed by atoms with E-state index in [9.17, 15) is 4.79 Å². The monoisotopic (exact) mass is 328 g/mol. The van der Waals surface area contributed by atoms with Gasteiger partial charge in [0.25, 0.3) is 0 Å². The molecule has 1 rings (SSSR count). The standard InChI is InChI=1S/C17H28N2O2.ClH/c1-13(12-18-5)16(20)19-10-11-21-15-8-6-14(7-9-15)17(2,3)4;/h6-9,13,18H,10-12H2,1-5H3,(H,19,20);1H. The van der Waals surface area contributed by atoms with Gasteiger partial charge in [-0.3, -0.25) is 4.79 Å². The lowest BCUT2D eigenvalue weighted by atomic mass is 9.87. The first-order chi connectivity index (χ1) is 9.84. The van der Waals surface area contributed by atoms with Gasteiger partial charge in [-0.05, 0) is 30.2 Å². The predicted octanol–water partition coefficient (Wildman–Crippen LogP) is 2.76. The minimum atomic E-state index is -0.0268. The minimum absolute atomic E-state index is 0. The van der Waals surface area contributed by atoms with E-state index < -0.39 is 0 Å². The maximum absolute atomic E-state index is 11.7. The molecule has 2 N–H and O–H groups in total. The van der Waals surface area contributed by atoms with Crippen LogP contribution in [0.3, 0.4) is 0 Å². The number of carbonyl (C=O) groups is 1. The molecule has 126 valence electrons. The fraction of sp³-hybridized carbons (Fsp3) is 0.588. The first-order valence-corrected chi connectivity index (χ1v) is 7.50. The molecule has 0 radical (unpaired) electrons. The van der Waals surface area contributed by atoms with Crippen molar-refractivity contribution in [2.75, 3.05) is 26.7 Å². The summed E-state index contributed by atoms with van der Waals surface area (Å²) in [5.41, 5.74) is 1.43. The van der Waals surface area contributed by atoms with Crippen molar-refractivity contribution >= 4 is 18.3 Å². The largest absolute Gasteiger partial charge is 0.492 e. The van der Waals surface area contributed by atoms with Gasteiger partial charge in [-0.25, -0.2) is 0 Å². The summed E-state index contributed by atoms with van der Waals surface area (Å²) in [4.78, 5) is 11.7. The Balaban J connectivity index is 0.00000441. The molecule has 1 aromatic rings. The molecule has 0 saturated heterocycles. The fourth-order valence-electron chi connectivity index (χ4n) is 1.97. The molecule has 0 heterocycles. The Labute approximate surface area is 140 Å². The van der Waals surface area contributed by atoms with Gasteiger partial charge in [0.15, 0.2) is 0 Å². The van der Waals surface area contributed by atoms with Crippen LogP contribution in [0.5, 0.6) is 5.75 Å². The van der Waals surface area contributed by atoms with E-state index in [0.717, 1.165) is 5.75 Å². The third kappa shape index (κ3) is 7.14. The molecule has 0 fully saturated rings. The van der Waals surface area contributed by atoms with Crippen LogP contribution in [0.1, 0.15) is 33.3 Å². The third-order valence-electron chi connectivity index (χ3n) is 3.35. The first-order valence-electron chi connectivity index (χ1n) is 7.50. The number of amides is 1. The van der Waals surface area contributed by atoms with Gasteiger partial charge in [-0.1, -0.05) is 39.8 Å². The molecule has 1 amide bonds. The van der Waals surface area contributed by atoms with Gasteiger partial charge < -0.3 is 15.4 Å². The van der Waals surface area contributed by atoms with Crippen LogP contribution < -0.4 is 15.4 Å². The van der Waals surface area contributed by atoms with Crippen molar-refractivity contribution in [1.29, 1.82) is 0 Å². The van der Waals surface area contributed by atoms with Crippen LogP contribution in [0.2, 0.25) is 0 Å². The fourth-order valence-corrected chi connectivity index (χ4v) is 1.97. The molecule has 1 unspecified atom stereocenters. The highest BCUT2D eigenvalue weighted by Gasteiger charge is 2.13. The normalized spacial score (nSPS) is 12.2. The third-order valence-corrected chi connectivity index (χ3v) is 3.35. The zero-order valence-corrected chi connectivity index (χ0v) is 15.0. The summed E-state index contributed by atoms with van der Waals surface area (Å²) in [5.74, 6) is 0.859.